The van der Waals surface area contributed by atoms with Crippen molar-refractivity contribution in [2.24, 2.45) is 11.3 Å². The molecule has 0 aliphatic carbocycles. The Hall–Kier alpha value is -0.200. The molecule has 3 saturated heterocycles. The van der Waals surface area contributed by atoms with Crippen molar-refractivity contribution >= 4 is 0 Å². The molecule has 0 aromatic heterocycles. The third kappa shape index (κ3) is 3.59. The van der Waals surface area contributed by atoms with Crippen LogP contribution < -0.4 is 10.6 Å². The van der Waals surface area contributed by atoms with Crippen LogP contribution in [0.2, 0.25) is 0 Å². The van der Waals surface area contributed by atoms with Crippen LogP contribution in [0.15, 0.2) is 0 Å². The molecule has 3 aliphatic rings. The van der Waals surface area contributed by atoms with E-state index < -0.39 is 0 Å². The molecule has 1 spiro atoms. The summed E-state index contributed by atoms with van der Waals surface area (Å²) >= 11 is 0. The molecule has 0 radical (unpaired) electrons. The van der Waals surface area contributed by atoms with E-state index >= 15 is 0 Å². The summed E-state index contributed by atoms with van der Waals surface area (Å²) < 4.78 is 0. The van der Waals surface area contributed by atoms with Gasteiger partial charge in [0.15, 0.2) is 0 Å². The number of hydrogen-bond donors (Lipinski definition) is 3. The summed E-state index contributed by atoms with van der Waals surface area (Å²) in [6, 6.07) is 0.680. The van der Waals surface area contributed by atoms with Crippen molar-refractivity contribution in [3.63, 3.8) is 0 Å². The lowest BCUT2D eigenvalue weighted by atomic mass is 9.86. The molecule has 3 aliphatic heterocycles. The van der Waals surface area contributed by atoms with Crippen molar-refractivity contribution in [3.05, 3.63) is 0 Å². The Morgan fingerprint density at radius 3 is 2.95 bits per heavy atom. The van der Waals surface area contributed by atoms with Crippen LogP contribution >= 0.6 is 0 Å². The van der Waals surface area contributed by atoms with Gasteiger partial charge in [-0.2, -0.15) is 0 Å². The lowest BCUT2D eigenvalue weighted by Crippen LogP contribution is -2.53. The number of piperidine rings is 1. The minimum atomic E-state index is 0.268. The number of hydrogen-bond acceptors (Lipinski definition) is 5. The van der Waals surface area contributed by atoms with Gasteiger partial charge in [0.1, 0.15) is 0 Å². The van der Waals surface area contributed by atoms with Gasteiger partial charge in [-0.1, -0.05) is 0 Å². The molecule has 0 aromatic rings. The summed E-state index contributed by atoms with van der Waals surface area (Å²) in [4.78, 5) is 5.06. The third-order valence-electron chi connectivity index (χ3n) is 5.89. The van der Waals surface area contributed by atoms with E-state index in [1.807, 2.05) is 0 Å². The van der Waals surface area contributed by atoms with Crippen molar-refractivity contribution in [2.75, 3.05) is 66.0 Å². The Balaban J connectivity index is 1.59. The van der Waals surface area contributed by atoms with E-state index in [1.54, 1.807) is 0 Å². The minimum absolute atomic E-state index is 0.268. The molecule has 0 aromatic carbocycles. The Labute approximate surface area is 129 Å². The highest BCUT2D eigenvalue weighted by Crippen LogP contribution is 2.38. The topological polar surface area (TPSA) is 50.8 Å². The quantitative estimate of drug-likeness (QED) is 0.643. The number of likely N-dealkylation sites (tertiary alicyclic amines) is 1. The van der Waals surface area contributed by atoms with Gasteiger partial charge in [0.25, 0.3) is 0 Å². The molecule has 3 N–H and O–H groups in total. The maximum atomic E-state index is 9.11. The zero-order valence-electron chi connectivity index (χ0n) is 13.5. The highest BCUT2D eigenvalue weighted by atomic mass is 16.3. The Morgan fingerprint density at radius 1 is 1.29 bits per heavy atom. The first-order valence-corrected chi connectivity index (χ1v) is 8.67. The summed E-state index contributed by atoms with van der Waals surface area (Å²) in [7, 11) is 2.14. The molecule has 3 unspecified atom stereocenters. The number of nitrogens with zero attached hydrogens (tertiary/aromatic N) is 2. The fourth-order valence-electron chi connectivity index (χ4n) is 4.60. The van der Waals surface area contributed by atoms with Gasteiger partial charge < -0.3 is 20.6 Å². The number of aliphatic hydroxyl groups excluding tert-OH is 1. The van der Waals surface area contributed by atoms with Gasteiger partial charge >= 0.3 is 0 Å². The monoisotopic (exact) mass is 296 g/mol. The van der Waals surface area contributed by atoms with Crippen LogP contribution in [0, 0.1) is 11.3 Å². The average molecular weight is 296 g/mol. The van der Waals surface area contributed by atoms with Gasteiger partial charge in [-0.3, -0.25) is 4.90 Å². The molecule has 0 saturated carbocycles. The van der Waals surface area contributed by atoms with Crippen molar-refractivity contribution in [3.8, 4) is 0 Å². The lowest BCUT2D eigenvalue weighted by Gasteiger charge is -2.40. The molecule has 0 bridgehead atoms. The van der Waals surface area contributed by atoms with E-state index in [0.717, 1.165) is 32.1 Å². The van der Waals surface area contributed by atoms with E-state index in [9.17, 15) is 0 Å². The smallest absolute Gasteiger partial charge is 0.0558 e. The van der Waals surface area contributed by atoms with Crippen molar-refractivity contribution in [1.82, 2.24) is 20.4 Å². The highest BCUT2D eigenvalue weighted by molar-refractivity contribution is 4.99. The Bertz CT molecular complexity index is 332. The molecule has 3 fully saturated rings. The second-order valence-electron chi connectivity index (χ2n) is 7.45. The Morgan fingerprint density at radius 2 is 2.19 bits per heavy atom. The third-order valence-corrected chi connectivity index (χ3v) is 5.89. The van der Waals surface area contributed by atoms with Crippen molar-refractivity contribution in [2.45, 2.75) is 25.3 Å². The summed E-state index contributed by atoms with van der Waals surface area (Å²) in [5.74, 6) is 0.743. The summed E-state index contributed by atoms with van der Waals surface area (Å²) in [5.41, 5.74) is 0.568. The van der Waals surface area contributed by atoms with Crippen LogP contribution in [-0.4, -0.2) is 87.0 Å². The van der Waals surface area contributed by atoms with Gasteiger partial charge in [-0.15, -0.1) is 0 Å². The second-order valence-corrected chi connectivity index (χ2v) is 7.45. The van der Waals surface area contributed by atoms with Crippen LogP contribution in [-0.2, 0) is 0 Å². The molecule has 3 heterocycles. The second kappa shape index (κ2) is 6.92. The van der Waals surface area contributed by atoms with Crippen LogP contribution in [0.1, 0.15) is 19.3 Å². The van der Waals surface area contributed by atoms with Gasteiger partial charge in [0.05, 0.1) is 6.61 Å². The van der Waals surface area contributed by atoms with Gasteiger partial charge in [0.2, 0.25) is 0 Å². The summed E-state index contributed by atoms with van der Waals surface area (Å²) in [6.07, 6.45) is 4.00. The average Bonchev–Trinajstić information content (AvgIpc) is 3.11. The zero-order valence-corrected chi connectivity index (χ0v) is 13.5. The molecule has 122 valence electrons. The summed E-state index contributed by atoms with van der Waals surface area (Å²) in [5, 5.41) is 16.3. The largest absolute Gasteiger partial charge is 0.395 e. The van der Waals surface area contributed by atoms with E-state index in [0.29, 0.717) is 11.5 Å². The molecule has 5 nitrogen and oxygen atoms in total. The fraction of sp³-hybridized carbons (Fsp3) is 1.00. The van der Waals surface area contributed by atoms with E-state index in [2.05, 4.69) is 27.5 Å². The van der Waals surface area contributed by atoms with E-state index in [-0.39, 0.29) is 6.61 Å². The predicted octanol–water partition coefficient (Wildman–Crippen LogP) is -0.426. The molecular weight excluding hydrogens is 264 g/mol. The Kier molecular flexibility index (Phi) is 5.17. The van der Waals surface area contributed by atoms with Crippen LogP contribution in [0.3, 0.4) is 0 Å². The van der Waals surface area contributed by atoms with E-state index in [1.165, 1.54) is 45.4 Å². The fourth-order valence-corrected chi connectivity index (χ4v) is 4.60. The van der Waals surface area contributed by atoms with Crippen LogP contribution in [0.5, 0.6) is 0 Å². The van der Waals surface area contributed by atoms with Crippen molar-refractivity contribution in [1.29, 1.82) is 0 Å². The number of likely N-dealkylation sites (N-methyl/N-ethyl adjacent to an activating group) is 1. The van der Waals surface area contributed by atoms with E-state index in [4.69, 9.17) is 5.11 Å². The first-order valence-electron chi connectivity index (χ1n) is 8.67. The summed E-state index contributed by atoms with van der Waals surface area (Å²) in [6.45, 7) is 9.46. The SMILES string of the molecule is CN(CCO)CC1CCNCC1N1CCC2(CCNC2)C1. The van der Waals surface area contributed by atoms with Gasteiger partial charge in [-0.05, 0) is 57.3 Å². The predicted molar refractivity (Wildman–Crippen MR) is 85.5 cm³/mol. The maximum absolute atomic E-state index is 9.11. The molecule has 3 atom stereocenters. The number of aliphatic hydroxyl groups is 1. The molecule has 5 heteroatoms. The van der Waals surface area contributed by atoms with Gasteiger partial charge in [0, 0.05) is 38.8 Å². The zero-order chi connectivity index (χ0) is 14.7. The first-order chi connectivity index (χ1) is 10.2. The molecule has 0 amide bonds. The number of nitrogens with one attached hydrogen (secondary N) is 2. The van der Waals surface area contributed by atoms with Gasteiger partial charge in [-0.25, -0.2) is 0 Å². The minimum Gasteiger partial charge on any atom is -0.395 e. The molecular formula is C16H32N4O. The van der Waals surface area contributed by atoms with Crippen LogP contribution in [0.25, 0.3) is 0 Å². The molecule has 3 rings (SSSR count). The number of rotatable bonds is 5. The lowest BCUT2D eigenvalue weighted by molar-refractivity contribution is 0.0962. The highest BCUT2D eigenvalue weighted by Gasteiger charge is 2.44. The first kappa shape index (κ1) is 15.7. The van der Waals surface area contributed by atoms with Crippen molar-refractivity contribution < 1.29 is 5.11 Å². The normalized spacial score (nSPS) is 37.9. The standard InChI is InChI=1S/C16H32N4O/c1-19(8-9-21)11-14-2-5-17-10-15(14)20-7-4-16(13-20)3-6-18-12-16/h14-15,17-18,21H,2-13H2,1H3. The molecule has 21 heavy (non-hydrogen) atoms. The maximum Gasteiger partial charge on any atom is 0.0558 e. The van der Waals surface area contributed by atoms with Crippen LogP contribution in [0.4, 0.5) is 0 Å².